The van der Waals surface area contributed by atoms with Crippen LogP contribution in [0.5, 0.6) is 5.75 Å². The summed E-state index contributed by atoms with van der Waals surface area (Å²) >= 11 is 0. The number of carbonyl (C=O) groups excluding carboxylic acids is 1. The van der Waals surface area contributed by atoms with Gasteiger partial charge in [-0.15, -0.1) is 0 Å². The molecule has 0 aliphatic heterocycles. The van der Waals surface area contributed by atoms with E-state index in [-0.39, 0.29) is 17.6 Å². The number of hydrogen-bond acceptors (Lipinski definition) is 4. The van der Waals surface area contributed by atoms with Crippen LogP contribution in [-0.2, 0) is 9.53 Å². The van der Waals surface area contributed by atoms with E-state index in [4.69, 9.17) is 5.11 Å². The van der Waals surface area contributed by atoms with Crippen molar-refractivity contribution < 1.29 is 14.6 Å². The molecule has 0 saturated carbocycles. The number of hydrogen-bond donors (Lipinski definition) is 1. The molecule has 0 amide bonds. The SMILES string of the molecule is COC(=O)C(N=Cc1ccc(O)cc1)C(C)C. The molecule has 4 heteroatoms. The van der Waals surface area contributed by atoms with Gasteiger partial charge in [0.1, 0.15) is 11.8 Å². The zero-order chi connectivity index (χ0) is 12.8. The van der Waals surface area contributed by atoms with Crippen LogP contribution in [0.4, 0.5) is 0 Å². The molecule has 17 heavy (non-hydrogen) atoms. The zero-order valence-corrected chi connectivity index (χ0v) is 10.3. The van der Waals surface area contributed by atoms with E-state index in [2.05, 4.69) is 9.73 Å². The van der Waals surface area contributed by atoms with Crippen molar-refractivity contribution in [2.75, 3.05) is 7.11 Å². The lowest BCUT2D eigenvalue weighted by Crippen LogP contribution is -2.25. The standard InChI is InChI=1S/C13H17NO3/c1-9(2)12(13(16)17-3)14-8-10-4-6-11(15)7-5-10/h4-9,12,15H,1-3H3. The molecule has 1 unspecified atom stereocenters. The van der Waals surface area contributed by atoms with Gasteiger partial charge in [-0.25, -0.2) is 4.79 Å². The van der Waals surface area contributed by atoms with Gasteiger partial charge >= 0.3 is 5.97 Å². The van der Waals surface area contributed by atoms with Gasteiger partial charge in [0, 0.05) is 6.21 Å². The van der Waals surface area contributed by atoms with Crippen molar-refractivity contribution in [1.29, 1.82) is 0 Å². The van der Waals surface area contributed by atoms with Crippen molar-refractivity contribution in [2.24, 2.45) is 10.9 Å². The van der Waals surface area contributed by atoms with E-state index in [9.17, 15) is 4.79 Å². The lowest BCUT2D eigenvalue weighted by atomic mass is 10.1. The Kier molecular flexibility index (Phi) is 4.69. The first-order valence-corrected chi connectivity index (χ1v) is 5.44. The summed E-state index contributed by atoms with van der Waals surface area (Å²) in [6.07, 6.45) is 1.61. The normalized spacial score (nSPS) is 12.9. The van der Waals surface area contributed by atoms with Crippen LogP contribution >= 0.6 is 0 Å². The molecule has 1 N–H and O–H groups in total. The molecule has 1 aromatic carbocycles. The van der Waals surface area contributed by atoms with E-state index in [1.54, 1.807) is 30.5 Å². The number of benzene rings is 1. The molecule has 0 bridgehead atoms. The molecule has 1 rings (SSSR count). The first-order valence-electron chi connectivity index (χ1n) is 5.44. The summed E-state index contributed by atoms with van der Waals surface area (Å²) < 4.78 is 4.69. The molecule has 0 saturated heterocycles. The van der Waals surface area contributed by atoms with Crippen LogP contribution in [0.3, 0.4) is 0 Å². The maximum absolute atomic E-state index is 11.5. The average molecular weight is 235 g/mol. The number of methoxy groups -OCH3 is 1. The van der Waals surface area contributed by atoms with Crippen molar-refractivity contribution in [3.05, 3.63) is 29.8 Å². The fourth-order valence-electron chi connectivity index (χ4n) is 1.35. The first kappa shape index (κ1) is 13.2. The minimum absolute atomic E-state index is 0.0795. The molecule has 0 radical (unpaired) electrons. The van der Waals surface area contributed by atoms with Crippen molar-refractivity contribution >= 4 is 12.2 Å². The number of aliphatic imine (C=N–C) groups is 1. The summed E-state index contributed by atoms with van der Waals surface area (Å²) in [5, 5.41) is 9.13. The van der Waals surface area contributed by atoms with Crippen LogP contribution < -0.4 is 0 Å². The van der Waals surface area contributed by atoms with Gasteiger partial charge in [0.2, 0.25) is 0 Å². The predicted octanol–water partition coefficient (Wildman–Crippen LogP) is 2.01. The second-order valence-corrected chi connectivity index (χ2v) is 4.08. The Labute approximate surface area is 101 Å². The molecule has 0 aliphatic rings. The van der Waals surface area contributed by atoms with Gasteiger partial charge in [-0.1, -0.05) is 13.8 Å². The molecule has 0 heterocycles. The zero-order valence-electron chi connectivity index (χ0n) is 10.3. The quantitative estimate of drug-likeness (QED) is 0.641. The maximum Gasteiger partial charge on any atom is 0.330 e. The largest absolute Gasteiger partial charge is 0.508 e. The molecule has 92 valence electrons. The highest BCUT2D eigenvalue weighted by Crippen LogP contribution is 2.11. The number of rotatable bonds is 4. The monoisotopic (exact) mass is 235 g/mol. The fourth-order valence-corrected chi connectivity index (χ4v) is 1.35. The van der Waals surface area contributed by atoms with Crippen LogP contribution in [0, 0.1) is 5.92 Å². The van der Waals surface area contributed by atoms with Gasteiger partial charge in [0.25, 0.3) is 0 Å². The third kappa shape index (κ3) is 3.90. The Morgan fingerprint density at radius 3 is 2.41 bits per heavy atom. The van der Waals surface area contributed by atoms with Gasteiger partial charge in [0.15, 0.2) is 0 Å². The number of nitrogens with zero attached hydrogens (tertiary/aromatic N) is 1. The Morgan fingerprint density at radius 1 is 1.35 bits per heavy atom. The number of esters is 1. The van der Waals surface area contributed by atoms with Crippen LogP contribution in [0.15, 0.2) is 29.3 Å². The molecule has 0 fully saturated rings. The highest BCUT2D eigenvalue weighted by molar-refractivity contribution is 5.84. The number of ether oxygens (including phenoxy) is 1. The molecular formula is C13H17NO3. The Balaban J connectivity index is 2.79. The Hall–Kier alpha value is -1.84. The van der Waals surface area contributed by atoms with Crippen molar-refractivity contribution in [2.45, 2.75) is 19.9 Å². The Bertz CT molecular complexity index is 396. The van der Waals surface area contributed by atoms with Gasteiger partial charge in [0.05, 0.1) is 7.11 Å². The van der Waals surface area contributed by atoms with Crippen molar-refractivity contribution in [3.8, 4) is 5.75 Å². The number of aromatic hydroxyl groups is 1. The minimum atomic E-state index is -0.492. The molecular weight excluding hydrogens is 218 g/mol. The van der Waals surface area contributed by atoms with E-state index in [1.165, 1.54) is 7.11 Å². The topological polar surface area (TPSA) is 58.9 Å². The van der Waals surface area contributed by atoms with Crippen LogP contribution in [-0.4, -0.2) is 30.4 Å². The molecule has 0 aromatic heterocycles. The first-order chi connectivity index (χ1) is 8.04. The van der Waals surface area contributed by atoms with Crippen molar-refractivity contribution in [3.63, 3.8) is 0 Å². The second kappa shape index (κ2) is 6.03. The Morgan fingerprint density at radius 2 is 1.94 bits per heavy atom. The van der Waals surface area contributed by atoms with E-state index in [1.807, 2.05) is 13.8 Å². The van der Waals surface area contributed by atoms with E-state index in [0.29, 0.717) is 0 Å². The van der Waals surface area contributed by atoms with Crippen LogP contribution in [0.1, 0.15) is 19.4 Å². The summed E-state index contributed by atoms with van der Waals surface area (Å²) in [5.74, 6) is -0.0543. The molecule has 0 spiro atoms. The van der Waals surface area contributed by atoms with E-state index in [0.717, 1.165) is 5.56 Å². The summed E-state index contributed by atoms with van der Waals surface area (Å²) in [4.78, 5) is 15.7. The number of phenols is 1. The number of carbonyl (C=O) groups is 1. The predicted molar refractivity (Wildman–Crippen MR) is 66.3 cm³/mol. The van der Waals surface area contributed by atoms with Crippen LogP contribution in [0.2, 0.25) is 0 Å². The molecule has 1 atom stereocenters. The van der Waals surface area contributed by atoms with Crippen molar-refractivity contribution in [1.82, 2.24) is 0 Å². The average Bonchev–Trinajstić information content (AvgIpc) is 2.31. The lowest BCUT2D eigenvalue weighted by molar-refractivity contribution is -0.143. The van der Waals surface area contributed by atoms with Gasteiger partial charge in [-0.3, -0.25) is 4.99 Å². The smallest absolute Gasteiger partial charge is 0.330 e. The second-order valence-electron chi connectivity index (χ2n) is 4.08. The molecule has 4 nitrogen and oxygen atoms in total. The fraction of sp³-hybridized carbons (Fsp3) is 0.385. The third-order valence-corrected chi connectivity index (χ3v) is 2.35. The van der Waals surface area contributed by atoms with Gasteiger partial charge < -0.3 is 9.84 Å². The van der Waals surface area contributed by atoms with Gasteiger partial charge in [-0.2, -0.15) is 0 Å². The van der Waals surface area contributed by atoms with Crippen LogP contribution in [0.25, 0.3) is 0 Å². The summed E-state index contributed by atoms with van der Waals surface area (Å²) in [7, 11) is 1.35. The summed E-state index contributed by atoms with van der Waals surface area (Å²) in [6, 6.07) is 6.11. The van der Waals surface area contributed by atoms with E-state index >= 15 is 0 Å². The van der Waals surface area contributed by atoms with E-state index < -0.39 is 6.04 Å². The van der Waals surface area contributed by atoms with Gasteiger partial charge in [-0.05, 0) is 35.7 Å². The third-order valence-electron chi connectivity index (χ3n) is 2.35. The molecule has 0 aliphatic carbocycles. The highest BCUT2D eigenvalue weighted by Gasteiger charge is 2.20. The minimum Gasteiger partial charge on any atom is -0.508 e. The highest BCUT2D eigenvalue weighted by atomic mass is 16.5. The maximum atomic E-state index is 11.5. The number of phenolic OH excluding ortho intramolecular Hbond substituents is 1. The lowest BCUT2D eigenvalue weighted by Gasteiger charge is -2.13. The summed E-state index contributed by atoms with van der Waals surface area (Å²) in [5.41, 5.74) is 0.831. The molecule has 1 aromatic rings. The summed E-state index contributed by atoms with van der Waals surface area (Å²) in [6.45, 7) is 3.82.